The Hall–Kier alpha value is -1.95. The first-order valence-corrected chi connectivity index (χ1v) is 6.38. The molecule has 2 heterocycles. The number of nitrogens with one attached hydrogen (secondary N) is 2. The van der Waals surface area contributed by atoms with Gasteiger partial charge in [0.2, 0.25) is 0 Å². The van der Waals surface area contributed by atoms with Gasteiger partial charge in [0.15, 0.2) is 5.82 Å². The molecule has 2 aromatic rings. The third kappa shape index (κ3) is 2.58. The smallest absolute Gasteiger partial charge is 0.188 e. The van der Waals surface area contributed by atoms with Crippen molar-refractivity contribution < 1.29 is 4.74 Å². The molecule has 0 spiro atoms. The van der Waals surface area contributed by atoms with E-state index >= 15 is 0 Å². The Balaban J connectivity index is 1.80. The highest BCUT2D eigenvalue weighted by atomic mass is 16.5. The van der Waals surface area contributed by atoms with E-state index in [1.54, 1.807) is 0 Å². The van der Waals surface area contributed by atoms with Crippen molar-refractivity contribution in [1.29, 1.82) is 0 Å². The van der Waals surface area contributed by atoms with Gasteiger partial charge in [-0.15, -0.1) is 10.2 Å². The monoisotopic (exact) mass is 259 g/mol. The molecule has 100 valence electrons. The lowest BCUT2D eigenvalue weighted by molar-refractivity contribution is 0.0656. The van der Waals surface area contributed by atoms with E-state index < -0.39 is 0 Å². The first kappa shape index (κ1) is 12.1. The van der Waals surface area contributed by atoms with Crippen LogP contribution in [0.15, 0.2) is 24.3 Å². The van der Waals surface area contributed by atoms with Gasteiger partial charge in [0.25, 0.3) is 0 Å². The van der Waals surface area contributed by atoms with E-state index in [9.17, 15) is 0 Å². The number of aromatic nitrogens is 4. The van der Waals surface area contributed by atoms with Crippen LogP contribution in [-0.2, 0) is 6.54 Å². The van der Waals surface area contributed by atoms with E-state index in [0.29, 0.717) is 12.4 Å². The summed E-state index contributed by atoms with van der Waals surface area (Å²) < 4.78 is 6.00. The number of H-pyrrole nitrogens is 1. The number of benzene rings is 1. The number of tetrazole rings is 1. The molecule has 0 amide bonds. The van der Waals surface area contributed by atoms with Gasteiger partial charge in [-0.25, -0.2) is 0 Å². The molecule has 6 heteroatoms. The van der Waals surface area contributed by atoms with Gasteiger partial charge in [-0.3, -0.25) is 0 Å². The van der Waals surface area contributed by atoms with E-state index in [1.165, 1.54) is 5.56 Å². The molecule has 2 N–H and O–H groups in total. The van der Waals surface area contributed by atoms with E-state index in [-0.39, 0.29) is 11.6 Å². The summed E-state index contributed by atoms with van der Waals surface area (Å²) in [7, 11) is 0. The number of hydrogen-bond donors (Lipinski definition) is 2. The lowest BCUT2D eigenvalue weighted by Crippen LogP contribution is -2.39. The van der Waals surface area contributed by atoms with Crippen molar-refractivity contribution >= 4 is 0 Å². The largest absolute Gasteiger partial charge is 0.487 e. The summed E-state index contributed by atoms with van der Waals surface area (Å²) in [5.41, 5.74) is 1.01. The predicted molar refractivity (Wildman–Crippen MR) is 69.5 cm³/mol. The quantitative estimate of drug-likeness (QED) is 0.875. The van der Waals surface area contributed by atoms with Gasteiger partial charge in [-0.2, -0.15) is 5.21 Å². The van der Waals surface area contributed by atoms with Crippen molar-refractivity contribution in [3.8, 4) is 5.75 Å². The molecule has 3 rings (SSSR count). The number of aromatic amines is 1. The average Bonchev–Trinajstić information content (AvgIpc) is 2.87. The molecule has 0 fully saturated rings. The SMILES string of the molecule is CC1(C)CC(NCc2nn[nH]n2)c2ccccc2O1. The Labute approximate surface area is 111 Å². The second-order valence-electron chi connectivity index (χ2n) is 5.37. The normalized spacial score (nSPS) is 20.6. The minimum Gasteiger partial charge on any atom is -0.487 e. The topological polar surface area (TPSA) is 75.7 Å². The van der Waals surface area contributed by atoms with E-state index in [1.807, 2.05) is 18.2 Å². The molecule has 1 aromatic heterocycles. The van der Waals surface area contributed by atoms with Crippen LogP contribution in [0.1, 0.15) is 37.7 Å². The summed E-state index contributed by atoms with van der Waals surface area (Å²) in [5, 5.41) is 17.4. The summed E-state index contributed by atoms with van der Waals surface area (Å²) in [4.78, 5) is 0. The third-order valence-electron chi connectivity index (χ3n) is 3.27. The van der Waals surface area contributed by atoms with Crippen LogP contribution >= 0.6 is 0 Å². The molecule has 6 nitrogen and oxygen atoms in total. The fraction of sp³-hybridized carbons (Fsp3) is 0.462. The number of fused-ring (bicyclic) bond motifs is 1. The molecule has 0 radical (unpaired) electrons. The van der Waals surface area contributed by atoms with Crippen LogP contribution < -0.4 is 10.1 Å². The average molecular weight is 259 g/mol. The highest BCUT2D eigenvalue weighted by Gasteiger charge is 2.33. The van der Waals surface area contributed by atoms with E-state index in [4.69, 9.17) is 4.74 Å². The maximum atomic E-state index is 6.00. The van der Waals surface area contributed by atoms with Crippen molar-refractivity contribution in [2.45, 2.75) is 38.5 Å². The molecular formula is C13H17N5O. The van der Waals surface area contributed by atoms with Crippen LogP contribution in [-0.4, -0.2) is 26.2 Å². The zero-order valence-electron chi connectivity index (χ0n) is 11.1. The number of para-hydroxylation sites is 1. The van der Waals surface area contributed by atoms with Crippen LogP contribution in [0.25, 0.3) is 0 Å². The lowest BCUT2D eigenvalue weighted by Gasteiger charge is -2.37. The summed E-state index contributed by atoms with van der Waals surface area (Å²) >= 11 is 0. The van der Waals surface area contributed by atoms with Gasteiger partial charge < -0.3 is 10.1 Å². The van der Waals surface area contributed by atoms with Crippen molar-refractivity contribution in [3.63, 3.8) is 0 Å². The Bertz CT molecular complexity index is 552. The lowest BCUT2D eigenvalue weighted by atomic mass is 9.90. The summed E-state index contributed by atoms with van der Waals surface area (Å²) in [5.74, 6) is 1.62. The van der Waals surface area contributed by atoms with Crippen LogP contribution in [0.4, 0.5) is 0 Å². The first-order valence-electron chi connectivity index (χ1n) is 6.38. The molecule has 1 aliphatic rings. The Morgan fingerprint density at radius 1 is 1.42 bits per heavy atom. The molecule has 1 unspecified atom stereocenters. The molecule has 0 aliphatic carbocycles. The highest BCUT2D eigenvalue weighted by molar-refractivity contribution is 5.38. The molecule has 1 aliphatic heterocycles. The minimum absolute atomic E-state index is 0.177. The fourth-order valence-electron chi connectivity index (χ4n) is 2.46. The second kappa shape index (κ2) is 4.62. The van der Waals surface area contributed by atoms with Gasteiger partial charge in [0.1, 0.15) is 11.4 Å². The molecule has 1 aromatic carbocycles. The Morgan fingerprint density at radius 2 is 2.26 bits per heavy atom. The van der Waals surface area contributed by atoms with Crippen LogP contribution in [0, 0.1) is 0 Å². The number of nitrogens with zero attached hydrogens (tertiary/aromatic N) is 3. The first-order chi connectivity index (χ1) is 9.14. The minimum atomic E-state index is -0.177. The zero-order chi connectivity index (χ0) is 13.3. The zero-order valence-corrected chi connectivity index (χ0v) is 11.1. The summed E-state index contributed by atoms with van der Waals surface area (Å²) in [6.45, 7) is 4.80. The summed E-state index contributed by atoms with van der Waals surface area (Å²) in [6, 6.07) is 8.37. The van der Waals surface area contributed by atoms with Crippen molar-refractivity contribution in [2.75, 3.05) is 0 Å². The van der Waals surface area contributed by atoms with Crippen molar-refractivity contribution in [2.24, 2.45) is 0 Å². The fourth-order valence-corrected chi connectivity index (χ4v) is 2.46. The highest BCUT2D eigenvalue weighted by Crippen LogP contribution is 2.39. The van der Waals surface area contributed by atoms with Crippen LogP contribution in [0.3, 0.4) is 0 Å². The van der Waals surface area contributed by atoms with Gasteiger partial charge in [-0.05, 0) is 19.9 Å². The van der Waals surface area contributed by atoms with Crippen molar-refractivity contribution in [1.82, 2.24) is 25.9 Å². The Kier molecular flexibility index (Phi) is 2.94. The molecule has 0 saturated carbocycles. The molecule has 19 heavy (non-hydrogen) atoms. The molecule has 0 saturated heterocycles. The molecule has 0 bridgehead atoms. The molecular weight excluding hydrogens is 242 g/mol. The van der Waals surface area contributed by atoms with Crippen molar-refractivity contribution in [3.05, 3.63) is 35.7 Å². The second-order valence-corrected chi connectivity index (χ2v) is 5.37. The predicted octanol–water partition coefficient (Wildman–Crippen LogP) is 1.59. The summed E-state index contributed by atoms with van der Waals surface area (Å²) in [6.07, 6.45) is 0.905. The number of ether oxygens (including phenoxy) is 1. The maximum Gasteiger partial charge on any atom is 0.188 e. The van der Waals surface area contributed by atoms with Gasteiger partial charge in [-0.1, -0.05) is 23.4 Å². The molecule has 1 atom stereocenters. The number of hydrogen-bond acceptors (Lipinski definition) is 5. The van der Waals surface area contributed by atoms with E-state index in [0.717, 1.165) is 12.2 Å². The van der Waals surface area contributed by atoms with Gasteiger partial charge in [0, 0.05) is 18.0 Å². The van der Waals surface area contributed by atoms with Gasteiger partial charge >= 0.3 is 0 Å². The standard InChI is InChI=1S/C13H17N5O/c1-13(2)7-10(14-8-12-15-17-18-16-12)9-5-3-4-6-11(9)19-13/h3-6,10,14H,7-8H2,1-2H3,(H,15,16,17,18). The number of rotatable bonds is 3. The Morgan fingerprint density at radius 3 is 3.05 bits per heavy atom. The maximum absolute atomic E-state index is 6.00. The van der Waals surface area contributed by atoms with Gasteiger partial charge in [0.05, 0.1) is 6.54 Å². The van der Waals surface area contributed by atoms with E-state index in [2.05, 4.69) is 45.9 Å². The van der Waals surface area contributed by atoms with Crippen LogP contribution in [0.5, 0.6) is 5.75 Å². The third-order valence-corrected chi connectivity index (χ3v) is 3.27. The van der Waals surface area contributed by atoms with Crippen LogP contribution in [0.2, 0.25) is 0 Å².